The molecule has 0 bridgehead atoms. The normalized spacial score (nSPS) is 20.9. The molecule has 1 aliphatic heterocycles. The molecular formula is C18H30N2O2S. The van der Waals surface area contributed by atoms with Gasteiger partial charge in [-0.05, 0) is 64.8 Å². The third-order valence-electron chi connectivity index (χ3n) is 3.99. The maximum absolute atomic E-state index is 12.2. The first-order valence-electron chi connectivity index (χ1n) is 8.60. The average molecular weight is 339 g/mol. The maximum atomic E-state index is 12.2. The molecule has 0 radical (unpaired) electrons. The van der Waals surface area contributed by atoms with Crippen LogP contribution in [0.15, 0.2) is 17.5 Å². The van der Waals surface area contributed by atoms with Gasteiger partial charge in [-0.3, -0.25) is 0 Å². The molecule has 23 heavy (non-hydrogen) atoms. The van der Waals surface area contributed by atoms with Crippen LogP contribution < -0.4 is 5.32 Å². The van der Waals surface area contributed by atoms with Crippen LogP contribution in [0.25, 0.3) is 0 Å². The van der Waals surface area contributed by atoms with Crippen LogP contribution >= 0.6 is 11.3 Å². The van der Waals surface area contributed by atoms with Gasteiger partial charge in [0.1, 0.15) is 5.60 Å². The van der Waals surface area contributed by atoms with Crippen molar-refractivity contribution in [2.45, 2.75) is 71.1 Å². The van der Waals surface area contributed by atoms with E-state index in [1.165, 1.54) is 4.88 Å². The van der Waals surface area contributed by atoms with Crippen LogP contribution in [0.4, 0.5) is 4.79 Å². The van der Waals surface area contributed by atoms with E-state index in [4.69, 9.17) is 4.74 Å². The summed E-state index contributed by atoms with van der Waals surface area (Å²) < 4.78 is 5.49. The number of carbonyl (C=O) groups is 1. The Balaban J connectivity index is 1.78. The van der Waals surface area contributed by atoms with Gasteiger partial charge in [0.05, 0.1) is 0 Å². The van der Waals surface area contributed by atoms with E-state index in [1.54, 1.807) is 0 Å². The molecule has 1 N–H and O–H groups in total. The number of rotatable bonds is 4. The van der Waals surface area contributed by atoms with E-state index in [1.807, 2.05) is 37.0 Å². The Kier molecular flexibility index (Phi) is 6.48. The van der Waals surface area contributed by atoms with Crippen molar-refractivity contribution in [2.75, 3.05) is 13.1 Å². The Hall–Kier alpha value is -1.07. The summed E-state index contributed by atoms with van der Waals surface area (Å²) in [7, 11) is 0. The SMILES string of the molecule is CC(Cc1cccs1)NC1CCCN(C(=O)OC(C)(C)C)CC1. The van der Waals surface area contributed by atoms with Gasteiger partial charge in [-0.15, -0.1) is 11.3 Å². The Morgan fingerprint density at radius 2 is 2.22 bits per heavy atom. The van der Waals surface area contributed by atoms with E-state index in [-0.39, 0.29) is 6.09 Å². The van der Waals surface area contributed by atoms with Crippen molar-refractivity contribution in [3.63, 3.8) is 0 Å². The molecule has 1 aromatic rings. The molecule has 1 aromatic heterocycles. The second kappa shape index (κ2) is 8.15. The van der Waals surface area contributed by atoms with Crippen molar-refractivity contribution in [3.05, 3.63) is 22.4 Å². The number of ether oxygens (including phenoxy) is 1. The van der Waals surface area contributed by atoms with Gasteiger partial charge in [-0.2, -0.15) is 0 Å². The molecule has 0 aromatic carbocycles. The molecule has 1 fully saturated rings. The van der Waals surface area contributed by atoms with Crippen molar-refractivity contribution in [1.29, 1.82) is 0 Å². The number of nitrogens with zero attached hydrogens (tertiary/aromatic N) is 1. The third kappa shape index (κ3) is 6.51. The summed E-state index contributed by atoms with van der Waals surface area (Å²) in [6.45, 7) is 9.57. The zero-order valence-electron chi connectivity index (χ0n) is 14.8. The zero-order chi connectivity index (χ0) is 16.9. The molecule has 5 heteroatoms. The van der Waals surface area contributed by atoms with Crippen LogP contribution in [-0.4, -0.2) is 41.8 Å². The van der Waals surface area contributed by atoms with Gasteiger partial charge in [-0.1, -0.05) is 6.07 Å². The lowest BCUT2D eigenvalue weighted by atomic mass is 10.1. The molecule has 4 nitrogen and oxygen atoms in total. The summed E-state index contributed by atoms with van der Waals surface area (Å²) in [6.07, 6.45) is 4.04. The van der Waals surface area contributed by atoms with E-state index in [0.717, 1.165) is 38.8 Å². The molecule has 0 spiro atoms. The Morgan fingerprint density at radius 3 is 2.87 bits per heavy atom. The quantitative estimate of drug-likeness (QED) is 0.900. The fourth-order valence-corrected chi connectivity index (χ4v) is 3.80. The molecule has 1 aliphatic rings. The number of thiophene rings is 1. The first-order chi connectivity index (χ1) is 10.8. The molecule has 1 saturated heterocycles. The topological polar surface area (TPSA) is 41.6 Å². The average Bonchev–Trinajstić information content (AvgIpc) is 2.81. The lowest BCUT2D eigenvalue weighted by Gasteiger charge is -2.26. The largest absolute Gasteiger partial charge is 0.444 e. The molecule has 0 saturated carbocycles. The number of likely N-dealkylation sites (tertiary alicyclic amines) is 1. The first kappa shape index (κ1) is 18.3. The second-order valence-corrected chi connectivity index (χ2v) is 8.48. The second-order valence-electron chi connectivity index (χ2n) is 7.45. The highest BCUT2D eigenvalue weighted by Crippen LogP contribution is 2.17. The van der Waals surface area contributed by atoms with E-state index < -0.39 is 5.60 Å². The summed E-state index contributed by atoms with van der Waals surface area (Å²) in [6, 6.07) is 5.25. The first-order valence-corrected chi connectivity index (χ1v) is 9.48. The standard InChI is InChI=1S/C18H30N2O2S/c1-14(13-16-8-6-12-23-16)19-15-7-5-10-20(11-9-15)17(21)22-18(2,3)4/h6,8,12,14-15,19H,5,7,9-11,13H2,1-4H3. The van der Waals surface area contributed by atoms with Gasteiger partial charge in [0.2, 0.25) is 0 Å². The summed E-state index contributed by atoms with van der Waals surface area (Å²) in [4.78, 5) is 15.5. The van der Waals surface area contributed by atoms with Gasteiger partial charge in [0, 0.05) is 30.1 Å². The van der Waals surface area contributed by atoms with E-state index in [2.05, 4.69) is 29.8 Å². The molecule has 2 rings (SSSR count). The van der Waals surface area contributed by atoms with E-state index in [9.17, 15) is 4.79 Å². The Bertz CT molecular complexity index is 482. The predicted octanol–water partition coefficient (Wildman–Crippen LogP) is 4.06. The number of hydrogen-bond acceptors (Lipinski definition) is 4. The van der Waals surface area contributed by atoms with Gasteiger partial charge in [-0.25, -0.2) is 4.79 Å². The third-order valence-corrected chi connectivity index (χ3v) is 4.89. The van der Waals surface area contributed by atoms with Crippen LogP contribution in [0.2, 0.25) is 0 Å². The number of nitrogens with one attached hydrogen (secondary N) is 1. The van der Waals surface area contributed by atoms with Crippen LogP contribution in [0.1, 0.15) is 51.8 Å². The molecule has 1 amide bonds. The van der Waals surface area contributed by atoms with Gasteiger partial charge < -0.3 is 15.0 Å². The summed E-state index contributed by atoms with van der Waals surface area (Å²) in [5.41, 5.74) is -0.420. The van der Waals surface area contributed by atoms with Crippen LogP contribution in [-0.2, 0) is 11.2 Å². The smallest absolute Gasteiger partial charge is 0.410 e. The molecule has 130 valence electrons. The lowest BCUT2D eigenvalue weighted by molar-refractivity contribution is 0.0256. The fourth-order valence-electron chi connectivity index (χ4n) is 2.96. The Morgan fingerprint density at radius 1 is 1.43 bits per heavy atom. The summed E-state index contributed by atoms with van der Waals surface area (Å²) in [5, 5.41) is 5.86. The molecule has 2 unspecified atom stereocenters. The molecule has 2 heterocycles. The molecule has 0 aliphatic carbocycles. The maximum Gasteiger partial charge on any atom is 0.410 e. The summed E-state index contributed by atoms with van der Waals surface area (Å²) >= 11 is 1.82. The number of hydrogen-bond donors (Lipinski definition) is 1. The van der Waals surface area contributed by atoms with Crippen LogP contribution in [0, 0.1) is 0 Å². The number of amides is 1. The van der Waals surface area contributed by atoms with Crippen molar-refractivity contribution < 1.29 is 9.53 Å². The summed E-state index contributed by atoms with van der Waals surface area (Å²) in [5.74, 6) is 0. The fraction of sp³-hybridized carbons (Fsp3) is 0.722. The Labute approximate surface area is 144 Å². The van der Waals surface area contributed by atoms with Crippen molar-refractivity contribution >= 4 is 17.4 Å². The lowest BCUT2D eigenvalue weighted by Crippen LogP contribution is -2.40. The highest BCUT2D eigenvalue weighted by molar-refractivity contribution is 7.09. The van der Waals surface area contributed by atoms with Crippen molar-refractivity contribution in [1.82, 2.24) is 10.2 Å². The monoisotopic (exact) mass is 338 g/mol. The van der Waals surface area contributed by atoms with Gasteiger partial charge in [0.15, 0.2) is 0 Å². The van der Waals surface area contributed by atoms with E-state index >= 15 is 0 Å². The minimum absolute atomic E-state index is 0.176. The van der Waals surface area contributed by atoms with Crippen LogP contribution in [0.3, 0.4) is 0 Å². The number of carbonyl (C=O) groups excluding carboxylic acids is 1. The zero-order valence-corrected chi connectivity index (χ0v) is 15.6. The predicted molar refractivity (Wildman–Crippen MR) is 96.1 cm³/mol. The molecule has 2 atom stereocenters. The van der Waals surface area contributed by atoms with Crippen molar-refractivity contribution in [2.24, 2.45) is 0 Å². The van der Waals surface area contributed by atoms with Crippen LogP contribution in [0.5, 0.6) is 0 Å². The molecular weight excluding hydrogens is 308 g/mol. The highest BCUT2D eigenvalue weighted by atomic mass is 32.1. The van der Waals surface area contributed by atoms with Crippen molar-refractivity contribution in [3.8, 4) is 0 Å². The van der Waals surface area contributed by atoms with Gasteiger partial charge in [0.25, 0.3) is 0 Å². The van der Waals surface area contributed by atoms with Gasteiger partial charge >= 0.3 is 6.09 Å². The minimum atomic E-state index is -0.420. The van der Waals surface area contributed by atoms with E-state index in [0.29, 0.717) is 12.1 Å². The highest BCUT2D eigenvalue weighted by Gasteiger charge is 2.25. The minimum Gasteiger partial charge on any atom is -0.444 e.